The fourth-order valence-corrected chi connectivity index (χ4v) is 4.69. The highest BCUT2D eigenvalue weighted by Gasteiger charge is 2.26. The van der Waals surface area contributed by atoms with Crippen molar-refractivity contribution in [3.8, 4) is 0 Å². The Morgan fingerprint density at radius 1 is 1.10 bits per heavy atom. The Balaban J connectivity index is 1.23. The van der Waals surface area contributed by atoms with Crippen LogP contribution in [-0.2, 0) is 24.2 Å². The molecule has 156 valence electrons. The maximum absolute atomic E-state index is 12.6. The number of amides is 1. The van der Waals surface area contributed by atoms with Crippen molar-refractivity contribution in [3.05, 3.63) is 52.4 Å². The second-order valence-corrected chi connectivity index (χ2v) is 8.81. The molecule has 2 aliphatic rings. The molecule has 0 bridgehead atoms. The minimum Gasteiger partial charge on any atom is -0.361 e. The van der Waals surface area contributed by atoms with E-state index in [0.29, 0.717) is 6.54 Å². The van der Waals surface area contributed by atoms with Gasteiger partial charge in [0.15, 0.2) is 6.54 Å². The lowest BCUT2D eigenvalue weighted by Crippen LogP contribution is -3.28. The molecule has 1 aromatic heterocycles. The van der Waals surface area contributed by atoms with Crippen molar-refractivity contribution in [2.75, 3.05) is 32.7 Å². The van der Waals surface area contributed by atoms with E-state index in [1.54, 1.807) is 0 Å². The molecule has 0 saturated carbocycles. The predicted molar refractivity (Wildman–Crippen MR) is 111 cm³/mol. The number of aromatic nitrogens is 1. The molecule has 0 radical (unpaired) electrons. The average molecular weight is 399 g/mol. The topological polar surface area (TPSA) is 64.0 Å². The van der Waals surface area contributed by atoms with Crippen molar-refractivity contribution in [2.45, 2.75) is 52.1 Å². The normalized spacial score (nSPS) is 22.7. The first-order valence-electron chi connectivity index (χ1n) is 11.1. The number of piperazine rings is 1. The van der Waals surface area contributed by atoms with Gasteiger partial charge < -0.3 is 19.6 Å². The van der Waals surface area contributed by atoms with Gasteiger partial charge in [-0.05, 0) is 56.2 Å². The minimum absolute atomic E-state index is 0.0662. The zero-order chi connectivity index (χ0) is 20.2. The number of carbonyl (C=O) groups is 1. The van der Waals surface area contributed by atoms with Gasteiger partial charge in [-0.3, -0.25) is 4.79 Å². The predicted octanol–water partition coefficient (Wildman–Crippen LogP) is 0.0226. The molecule has 1 aromatic carbocycles. The van der Waals surface area contributed by atoms with Gasteiger partial charge >= 0.3 is 0 Å². The van der Waals surface area contributed by atoms with Gasteiger partial charge in [0.05, 0.1) is 6.04 Å². The van der Waals surface area contributed by atoms with Crippen LogP contribution in [0.2, 0.25) is 0 Å². The Kier molecular flexibility index (Phi) is 6.31. The molecule has 29 heavy (non-hydrogen) atoms. The number of rotatable bonds is 6. The largest absolute Gasteiger partial charge is 0.361 e. The zero-order valence-corrected chi connectivity index (χ0v) is 17.7. The molecule has 1 amide bonds. The monoisotopic (exact) mass is 398 g/mol. The van der Waals surface area contributed by atoms with Gasteiger partial charge in [0.1, 0.15) is 44.2 Å². The maximum atomic E-state index is 12.6. The molecule has 1 aliphatic heterocycles. The molecule has 3 N–H and O–H groups in total. The van der Waals surface area contributed by atoms with E-state index in [2.05, 4.69) is 35.6 Å². The summed E-state index contributed by atoms with van der Waals surface area (Å²) in [6.45, 7) is 9.67. The van der Waals surface area contributed by atoms with Gasteiger partial charge in [-0.1, -0.05) is 23.4 Å². The van der Waals surface area contributed by atoms with Gasteiger partial charge in [0, 0.05) is 6.07 Å². The number of hydrogen-bond acceptors (Lipinski definition) is 3. The van der Waals surface area contributed by atoms with Crippen LogP contribution in [0.5, 0.6) is 0 Å². The van der Waals surface area contributed by atoms with E-state index in [0.717, 1.165) is 44.2 Å². The van der Waals surface area contributed by atoms with Crippen LogP contribution in [0.1, 0.15) is 54.0 Å². The quantitative estimate of drug-likeness (QED) is 0.643. The molecular weight excluding hydrogens is 364 g/mol. The van der Waals surface area contributed by atoms with E-state index in [1.807, 2.05) is 13.0 Å². The van der Waals surface area contributed by atoms with E-state index < -0.39 is 0 Å². The smallest absolute Gasteiger partial charge is 0.275 e. The van der Waals surface area contributed by atoms with Crippen LogP contribution in [0.4, 0.5) is 0 Å². The first-order chi connectivity index (χ1) is 14.1. The van der Waals surface area contributed by atoms with Crippen LogP contribution in [0.3, 0.4) is 0 Å². The van der Waals surface area contributed by atoms with Gasteiger partial charge in [-0.15, -0.1) is 0 Å². The highest BCUT2D eigenvalue weighted by Crippen LogP contribution is 2.24. The summed E-state index contributed by atoms with van der Waals surface area (Å²) in [5.74, 6) is 1.02. The second-order valence-electron chi connectivity index (χ2n) is 8.81. The molecule has 1 fully saturated rings. The summed E-state index contributed by atoms with van der Waals surface area (Å²) < 4.78 is 5.16. The Hall–Kier alpha value is -2.18. The lowest BCUT2D eigenvalue weighted by Gasteiger charge is -2.29. The molecule has 1 saturated heterocycles. The number of quaternary nitrogens is 2. The number of benzene rings is 1. The summed E-state index contributed by atoms with van der Waals surface area (Å²) in [6.07, 6.45) is 4.96. The van der Waals surface area contributed by atoms with Crippen molar-refractivity contribution in [2.24, 2.45) is 0 Å². The number of fused-ring (bicyclic) bond motifs is 1. The Morgan fingerprint density at radius 3 is 2.55 bits per heavy atom. The molecular formula is C23H34N4O2+2. The molecule has 0 spiro atoms. The van der Waals surface area contributed by atoms with Crippen LogP contribution < -0.4 is 15.1 Å². The van der Waals surface area contributed by atoms with Crippen LogP contribution in [-0.4, -0.2) is 43.8 Å². The fourth-order valence-electron chi connectivity index (χ4n) is 4.69. The molecule has 1 aliphatic carbocycles. The first-order valence-corrected chi connectivity index (χ1v) is 11.1. The van der Waals surface area contributed by atoms with Crippen LogP contribution >= 0.6 is 0 Å². The van der Waals surface area contributed by atoms with Gasteiger partial charge in [-0.2, -0.15) is 0 Å². The van der Waals surface area contributed by atoms with E-state index in [-0.39, 0.29) is 11.9 Å². The van der Waals surface area contributed by atoms with E-state index >= 15 is 0 Å². The molecule has 6 nitrogen and oxygen atoms in total. The number of nitrogens with zero attached hydrogens (tertiary/aromatic N) is 1. The van der Waals surface area contributed by atoms with Crippen LogP contribution in [0.15, 0.2) is 28.8 Å². The zero-order valence-electron chi connectivity index (χ0n) is 17.7. The van der Waals surface area contributed by atoms with Crippen molar-refractivity contribution in [3.63, 3.8) is 0 Å². The molecule has 0 unspecified atom stereocenters. The summed E-state index contributed by atoms with van der Waals surface area (Å²) in [5.41, 5.74) is 5.22. The summed E-state index contributed by atoms with van der Waals surface area (Å²) in [5, 5.41) is 7.31. The van der Waals surface area contributed by atoms with Crippen molar-refractivity contribution in [1.82, 2.24) is 10.5 Å². The van der Waals surface area contributed by atoms with Crippen molar-refractivity contribution < 1.29 is 19.1 Å². The van der Waals surface area contributed by atoms with Gasteiger partial charge in [0.2, 0.25) is 0 Å². The summed E-state index contributed by atoms with van der Waals surface area (Å²) >= 11 is 0. The highest BCUT2D eigenvalue weighted by molar-refractivity contribution is 5.77. The third-order valence-electron chi connectivity index (χ3n) is 6.43. The first kappa shape index (κ1) is 20.1. The molecule has 2 heterocycles. The van der Waals surface area contributed by atoms with Crippen LogP contribution in [0.25, 0.3) is 0 Å². The van der Waals surface area contributed by atoms with E-state index in [1.165, 1.54) is 52.2 Å². The third-order valence-corrected chi connectivity index (χ3v) is 6.43. The molecule has 1 atom stereocenters. The van der Waals surface area contributed by atoms with E-state index in [4.69, 9.17) is 4.52 Å². The average Bonchev–Trinajstić information content (AvgIpc) is 3.13. The minimum atomic E-state index is 0.0662. The summed E-state index contributed by atoms with van der Waals surface area (Å²) in [6, 6.07) is 8.84. The summed E-state index contributed by atoms with van der Waals surface area (Å²) in [7, 11) is 0. The highest BCUT2D eigenvalue weighted by atomic mass is 16.5. The van der Waals surface area contributed by atoms with Gasteiger partial charge in [-0.25, -0.2) is 0 Å². The number of hydrogen-bond donors (Lipinski definition) is 3. The molecule has 6 heteroatoms. The van der Waals surface area contributed by atoms with E-state index in [9.17, 15) is 4.79 Å². The molecule has 2 aromatic rings. The van der Waals surface area contributed by atoms with Crippen molar-refractivity contribution >= 4 is 5.91 Å². The van der Waals surface area contributed by atoms with Crippen molar-refractivity contribution in [1.29, 1.82) is 0 Å². The Bertz CT molecular complexity index is 839. The third kappa shape index (κ3) is 5.25. The Labute approximate surface area is 173 Å². The van der Waals surface area contributed by atoms with Crippen LogP contribution in [0, 0.1) is 6.92 Å². The van der Waals surface area contributed by atoms with Gasteiger partial charge in [0.25, 0.3) is 5.91 Å². The SMILES string of the molecule is Cc1cc(C[NH+]2CC[NH+](CC(=O)N[C@@H](C)c3ccc4c(c3)CCCC4)CC2)no1. The molecule has 4 rings (SSSR count). The standard InChI is InChI=1S/C23H32N4O2/c1-17-13-22(25-29-17)15-26-9-11-27(12-10-26)16-23(28)24-18(2)20-8-7-19-5-3-4-6-21(19)14-20/h7-8,13-14,18H,3-6,9-12,15-16H2,1-2H3,(H,24,28)/p+2/t18-/m0/s1. The fraction of sp³-hybridized carbons (Fsp3) is 0.565. The lowest BCUT2D eigenvalue weighted by molar-refractivity contribution is -1.02. The lowest BCUT2D eigenvalue weighted by atomic mass is 9.89. The summed E-state index contributed by atoms with van der Waals surface area (Å²) in [4.78, 5) is 15.5. The number of nitrogens with one attached hydrogen (secondary N) is 3. The maximum Gasteiger partial charge on any atom is 0.275 e. The number of aryl methyl sites for hydroxylation is 3. The second kappa shape index (κ2) is 9.09. The number of carbonyl (C=O) groups excluding carboxylic acids is 1. The Morgan fingerprint density at radius 2 is 1.83 bits per heavy atom.